The van der Waals surface area contributed by atoms with E-state index in [1.54, 1.807) is 6.69 Å². The second-order valence-electron chi connectivity index (χ2n) is 14.4. The first-order valence-corrected chi connectivity index (χ1v) is 25.2. The number of rotatable bonds is 36. The normalized spacial score (nSPS) is 7.96. The van der Waals surface area contributed by atoms with Crippen LogP contribution in [0, 0.1) is 0 Å². The van der Waals surface area contributed by atoms with Gasteiger partial charge in [0.25, 0.3) is 0 Å². The van der Waals surface area contributed by atoms with Crippen LogP contribution in [0.15, 0.2) is 0 Å². The zero-order valence-electron chi connectivity index (χ0n) is 44.3. The van der Waals surface area contributed by atoms with Crippen molar-refractivity contribution in [2.75, 3.05) is 0 Å². The summed E-state index contributed by atoms with van der Waals surface area (Å²) in [4.78, 5) is 0. The molecular formula is C2H4B74. The van der Waals surface area contributed by atoms with Crippen LogP contribution in [0.2, 0.25) is 0 Å². The van der Waals surface area contributed by atoms with Crippen molar-refractivity contribution in [3.05, 3.63) is 0 Å². The molecule has 0 rings (SSSR count). The quantitative estimate of drug-likeness (QED) is 0.0552. The first-order chi connectivity index (χ1) is 37.9. The summed E-state index contributed by atoms with van der Waals surface area (Å²) >= 11 is 0. The van der Waals surface area contributed by atoms with Crippen LogP contribution >= 0.6 is 0 Å². The molecule has 0 nitrogen and oxygen atoms in total. The van der Waals surface area contributed by atoms with Gasteiger partial charge in [-0.15, -0.1) is 0 Å². The van der Waals surface area contributed by atoms with E-state index in [-0.39, 0.29) is 0 Å². The van der Waals surface area contributed by atoms with Gasteiger partial charge in [-0.1, -0.05) is 0 Å². The van der Waals surface area contributed by atoms with E-state index in [1.807, 2.05) is 488 Å². The standard InChI is InChI=1S/C2H4B74/c1-2-4-6-8-10-12-14-16-18-20-22-24-26-28-30-32-34-36-38-40-42-44-46-48-50-52-54-56-58-60-62-64-66-68-70-72-74-76-75-73-71-69-67-65-63-61-59-57-55-53-51-49-47-45-43-41-39-37-35-33-31-29-27-25-23-21-19-17-15-13-11-9-7-5-3/h2H,1H3. The summed E-state index contributed by atoms with van der Waals surface area (Å²) < 4.78 is 0. The van der Waals surface area contributed by atoms with E-state index >= 15 is 0 Å². The van der Waals surface area contributed by atoms with Gasteiger partial charge >= 0.3 is 509 Å². The molecule has 76 heavy (non-hydrogen) atoms. The summed E-state index contributed by atoms with van der Waals surface area (Å²) in [6, 6.07) is 0. The van der Waals surface area contributed by atoms with Gasteiger partial charge in [-0.3, -0.25) is 0 Å². The Labute approximate surface area is 504 Å². The van der Waals surface area contributed by atoms with Crippen LogP contribution in [0.3, 0.4) is 0 Å². The van der Waals surface area contributed by atoms with Crippen molar-refractivity contribution in [2.24, 2.45) is 0 Å². The summed E-state index contributed by atoms with van der Waals surface area (Å²) in [5.74, 6) is 2.00. The first-order valence-electron chi connectivity index (χ1n) is 25.2. The van der Waals surface area contributed by atoms with E-state index in [1.165, 1.54) is 6.69 Å². The molecule has 0 aromatic heterocycles. The molecule has 0 N–H and O–H groups in total. The third-order valence-corrected chi connectivity index (χ3v) is 8.19. The molecule has 0 amide bonds. The van der Waals surface area contributed by atoms with Gasteiger partial charge < -0.3 is 0 Å². The van der Waals surface area contributed by atoms with E-state index in [0.29, 0.717) is 0 Å². The molecule has 0 heterocycles. The molecule has 0 atom stereocenters. The van der Waals surface area contributed by atoms with Crippen LogP contribution in [-0.2, 0) is 0 Å². The maximum absolute atomic E-state index is 5.26. The van der Waals surface area contributed by atoms with Crippen LogP contribution in [0.4, 0.5) is 0 Å². The molecule has 0 bridgehead atoms. The number of hydrogen-bond donors (Lipinski definition) is 0. The molecule has 0 fully saturated rings. The molecular weight excluding hydrogens is 824 g/mol. The van der Waals surface area contributed by atoms with Crippen LogP contribution in [-0.4, -0.2) is 502 Å². The van der Waals surface area contributed by atoms with Crippen LogP contribution < -0.4 is 0 Å². The zero-order valence-corrected chi connectivity index (χ0v) is 44.3. The minimum atomic E-state index is 1.50. The number of hydrogen-bond acceptors (Lipinski definition) is 0. The predicted molar refractivity (Wildman–Crippen MR) is 438 cm³/mol. The summed E-state index contributed by atoms with van der Waals surface area (Å²) in [5, 5.41) is 0. The molecule has 0 aliphatic rings. The van der Waals surface area contributed by atoms with Gasteiger partial charge in [0.1, 0.15) is 0 Å². The second-order valence-corrected chi connectivity index (χ2v) is 14.4. The Balaban J connectivity index is 4.10. The van der Waals surface area contributed by atoms with Crippen molar-refractivity contribution in [3.8, 4) is 0 Å². The monoisotopic (exact) mass is 843 g/mol. The van der Waals surface area contributed by atoms with E-state index < -0.39 is 0 Å². The Bertz CT molecular complexity index is 2470. The Morgan fingerprint density at radius 3 is 0.289 bits per heavy atom. The van der Waals surface area contributed by atoms with Gasteiger partial charge in [-0.05, 0) is 0 Å². The van der Waals surface area contributed by atoms with Crippen molar-refractivity contribution in [1.29, 1.82) is 0 Å². The van der Waals surface area contributed by atoms with Gasteiger partial charge in [0.05, 0.1) is 0 Å². The van der Waals surface area contributed by atoms with Gasteiger partial charge in [0.15, 0.2) is 0 Å². The summed E-state index contributed by atoms with van der Waals surface area (Å²) in [7, 11) is 5.26. The molecule has 0 aliphatic heterocycles. The molecule has 0 spiro atoms. The third kappa shape index (κ3) is 78.7. The minimum absolute atomic E-state index is 1.50. The molecule has 0 saturated heterocycles. The van der Waals surface area contributed by atoms with Gasteiger partial charge in [0, 0.05) is 0 Å². The predicted octanol–water partition coefficient (Wildman–Crippen LogP) is -27.8. The van der Waals surface area contributed by atoms with Crippen molar-refractivity contribution < 1.29 is 0 Å². The molecule has 0 aliphatic carbocycles. The maximum atomic E-state index is 5.26. The summed E-state index contributed by atoms with van der Waals surface area (Å²) in [6.07, 6.45) is 0. The van der Waals surface area contributed by atoms with E-state index in [2.05, 4.69) is 0 Å². The summed E-state index contributed by atoms with van der Waals surface area (Å²) in [5.41, 5.74) is 0. The molecule has 2 radical (unpaired) electrons. The Kier molecular flexibility index (Phi) is 84.6. The molecule has 234 valence electrons. The second kappa shape index (κ2) is 79.7. The third-order valence-electron chi connectivity index (χ3n) is 8.19. The Hall–Kier alpha value is 4.68. The molecule has 74 heteroatoms. The average molecular weight is 828 g/mol. The molecule has 0 aromatic rings. The fourth-order valence-electron chi connectivity index (χ4n) is 4.67. The van der Waals surface area contributed by atoms with Gasteiger partial charge in [-0.25, -0.2) is 0 Å². The van der Waals surface area contributed by atoms with Gasteiger partial charge in [0.2, 0.25) is 0 Å². The van der Waals surface area contributed by atoms with Gasteiger partial charge in [-0.2, -0.15) is 0 Å². The topological polar surface area (TPSA) is 0 Å². The Morgan fingerprint density at radius 1 is 0.132 bits per heavy atom. The van der Waals surface area contributed by atoms with Crippen LogP contribution in [0.1, 0.15) is 6.92 Å². The van der Waals surface area contributed by atoms with E-state index in [0.717, 1.165) is 0 Å². The fraction of sp³-hybridized carbons (Fsp3) is 0.500. The first kappa shape index (κ1) is 80.7. The molecule has 0 aromatic carbocycles. The van der Waals surface area contributed by atoms with Crippen molar-refractivity contribution in [3.63, 3.8) is 0 Å². The summed E-state index contributed by atoms with van der Waals surface area (Å²) in [6.45, 7) is 147. The fourth-order valence-corrected chi connectivity index (χ4v) is 4.67. The zero-order chi connectivity index (χ0) is 54.3. The SMILES string of the molecule is [B]B=BB=BB=BB=BB=BB=BB=BB=BB=BB=BB=BB=BB=BB=BB=BB=BB=BB=BB=BB=BB=BB=BB=BB=BB=BB=BB=BB=BB=BB=BB=BB=BB=BB=BB=BB=BB=CC. The van der Waals surface area contributed by atoms with Crippen molar-refractivity contribution >= 4 is 502 Å². The average Bonchev–Trinajstić information content (AvgIpc) is 3.43. The van der Waals surface area contributed by atoms with E-state index in [9.17, 15) is 0 Å². The van der Waals surface area contributed by atoms with E-state index in [4.69, 9.17) is 7.74 Å². The Morgan fingerprint density at radius 2 is 0.211 bits per heavy atom. The molecule has 0 unspecified atom stereocenters. The van der Waals surface area contributed by atoms with Crippen LogP contribution in [0.5, 0.6) is 0 Å². The van der Waals surface area contributed by atoms with Crippen LogP contribution in [0.25, 0.3) is 0 Å². The van der Waals surface area contributed by atoms with Crippen molar-refractivity contribution in [1.82, 2.24) is 0 Å². The molecule has 0 saturated carbocycles. The van der Waals surface area contributed by atoms with Crippen molar-refractivity contribution in [2.45, 2.75) is 6.92 Å².